The summed E-state index contributed by atoms with van der Waals surface area (Å²) in [5.41, 5.74) is 0.829. The Morgan fingerprint density at radius 1 is 1.36 bits per heavy atom. The van der Waals surface area contributed by atoms with Crippen molar-refractivity contribution in [3.05, 3.63) is 35.6 Å². The molecule has 0 fully saturated rings. The molecule has 0 unspecified atom stereocenters. The fourth-order valence-electron chi connectivity index (χ4n) is 0.769. The number of rotatable bonds is 2. The number of benzene rings is 1. The predicted molar refractivity (Wildman–Crippen MR) is 40.9 cm³/mol. The van der Waals surface area contributed by atoms with Gasteiger partial charge in [-0.15, -0.1) is 0 Å². The molecule has 3 heteroatoms. The number of carbonyl (C=O) groups excluding carboxylic acids is 1. The molecule has 0 spiro atoms. The number of hydrogen-bond donors (Lipinski definition) is 0. The summed E-state index contributed by atoms with van der Waals surface area (Å²) in [6.45, 7) is 0. The van der Waals surface area contributed by atoms with Crippen molar-refractivity contribution in [2.24, 2.45) is 0 Å². The van der Waals surface area contributed by atoms with Crippen molar-refractivity contribution in [2.45, 2.75) is 6.42 Å². The molecule has 1 aromatic carbocycles. The van der Waals surface area contributed by atoms with Crippen LogP contribution in [0.15, 0.2) is 24.3 Å². The third-order valence-electron chi connectivity index (χ3n) is 1.26. The van der Waals surface area contributed by atoms with Crippen molar-refractivity contribution in [3.8, 4) is 0 Å². The van der Waals surface area contributed by atoms with E-state index in [0.717, 1.165) is 5.56 Å². The van der Waals surface area contributed by atoms with E-state index in [-0.39, 0.29) is 10.5 Å². The standard InChI is InChI=1S/C8H6FOSe/c9-7-3-1-6(2-4-7)5-8(10)11/h1-4H,5H2. The molecule has 1 aromatic rings. The zero-order valence-corrected chi connectivity index (χ0v) is 7.42. The summed E-state index contributed by atoms with van der Waals surface area (Å²) in [6.07, 6.45) is 0.334. The van der Waals surface area contributed by atoms with E-state index < -0.39 is 0 Å². The van der Waals surface area contributed by atoms with E-state index in [9.17, 15) is 9.18 Å². The molecule has 0 bridgehead atoms. The van der Waals surface area contributed by atoms with Crippen molar-refractivity contribution >= 4 is 20.7 Å². The zero-order valence-electron chi connectivity index (χ0n) is 5.71. The van der Waals surface area contributed by atoms with Crippen LogP contribution < -0.4 is 0 Å². The average molecular weight is 216 g/mol. The first-order chi connectivity index (χ1) is 5.18. The Morgan fingerprint density at radius 3 is 2.36 bits per heavy atom. The van der Waals surface area contributed by atoms with E-state index in [0.29, 0.717) is 6.42 Å². The summed E-state index contributed by atoms with van der Waals surface area (Å²) in [5.74, 6) is -0.277. The first-order valence-corrected chi connectivity index (χ1v) is 3.98. The maximum absolute atomic E-state index is 12.3. The van der Waals surface area contributed by atoms with Crippen molar-refractivity contribution in [3.63, 3.8) is 0 Å². The van der Waals surface area contributed by atoms with E-state index in [2.05, 4.69) is 16.0 Å². The molecule has 0 aliphatic carbocycles. The molecule has 57 valence electrons. The van der Waals surface area contributed by atoms with Crippen molar-refractivity contribution in [1.82, 2.24) is 0 Å². The van der Waals surface area contributed by atoms with Gasteiger partial charge >= 0.3 is 71.9 Å². The number of halogens is 1. The first-order valence-electron chi connectivity index (χ1n) is 3.13. The minimum absolute atomic E-state index is 0.0309. The molecule has 0 amide bonds. The molecule has 11 heavy (non-hydrogen) atoms. The van der Waals surface area contributed by atoms with Gasteiger partial charge in [-0.25, -0.2) is 0 Å². The molecule has 0 atom stereocenters. The van der Waals surface area contributed by atoms with Crippen LogP contribution in [0.4, 0.5) is 4.39 Å². The molecule has 0 aromatic heterocycles. The van der Waals surface area contributed by atoms with Crippen LogP contribution >= 0.6 is 0 Å². The Morgan fingerprint density at radius 2 is 1.91 bits per heavy atom. The van der Waals surface area contributed by atoms with Crippen LogP contribution in [0.25, 0.3) is 0 Å². The van der Waals surface area contributed by atoms with E-state index >= 15 is 0 Å². The second-order valence-electron chi connectivity index (χ2n) is 2.18. The van der Waals surface area contributed by atoms with Crippen LogP contribution in [0, 0.1) is 5.82 Å². The molecular formula is C8H6FOSe. The van der Waals surface area contributed by atoms with Crippen LogP contribution in [-0.4, -0.2) is 20.7 Å². The molecular weight excluding hydrogens is 210 g/mol. The van der Waals surface area contributed by atoms with Gasteiger partial charge in [-0.3, -0.25) is 0 Å². The number of hydrogen-bond acceptors (Lipinski definition) is 1. The van der Waals surface area contributed by atoms with E-state index in [4.69, 9.17) is 0 Å². The fourth-order valence-corrected chi connectivity index (χ4v) is 1.12. The van der Waals surface area contributed by atoms with Gasteiger partial charge in [0.05, 0.1) is 0 Å². The third kappa shape index (κ3) is 2.83. The molecule has 1 nitrogen and oxygen atoms in total. The summed E-state index contributed by atoms with van der Waals surface area (Å²) in [7, 11) is 0. The van der Waals surface area contributed by atoms with Gasteiger partial charge in [-0.2, -0.15) is 0 Å². The second-order valence-corrected chi connectivity index (χ2v) is 3.13. The topological polar surface area (TPSA) is 17.1 Å². The zero-order chi connectivity index (χ0) is 8.27. The summed E-state index contributed by atoms with van der Waals surface area (Å²) in [6, 6.07) is 5.89. The van der Waals surface area contributed by atoms with Gasteiger partial charge in [0.1, 0.15) is 0 Å². The summed E-state index contributed by atoms with van der Waals surface area (Å²) >= 11 is 2.37. The van der Waals surface area contributed by atoms with E-state index in [1.165, 1.54) is 12.1 Å². The molecule has 0 N–H and O–H groups in total. The Labute approximate surface area is 72.4 Å². The molecule has 0 saturated heterocycles. The van der Waals surface area contributed by atoms with Gasteiger partial charge in [-0.05, 0) is 0 Å². The SMILES string of the molecule is O=C([Se])Cc1ccc(F)cc1. The Kier molecular flexibility index (Phi) is 2.80. The quantitative estimate of drug-likeness (QED) is 0.675. The Bertz CT molecular complexity index is 255. The molecule has 0 aliphatic rings. The Balaban J connectivity index is 2.74. The van der Waals surface area contributed by atoms with Gasteiger partial charge in [0.2, 0.25) is 0 Å². The summed E-state index contributed by atoms with van der Waals surface area (Å²) in [4.78, 5) is 10.5. The molecule has 1 radical (unpaired) electrons. The average Bonchev–Trinajstić information content (AvgIpc) is 1.93. The van der Waals surface area contributed by atoms with Gasteiger partial charge in [0, 0.05) is 0 Å². The minimum atomic E-state index is -0.277. The summed E-state index contributed by atoms with van der Waals surface area (Å²) in [5, 5.41) is 0. The molecule has 1 rings (SSSR count). The second kappa shape index (κ2) is 3.65. The predicted octanol–water partition coefficient (Wildman–Crippen LogP) is 1.06. The van der Waals surface area contributed by atoms with E-state index in [1.807, 2.05) is 0 Å². The van der Waals surface area contributed by atoms with Gasteiger partial charge in [0.15, 0.2) is 0 Å². The van der Waals surface area contributed by atoms with Crippen LogP contribution in [0.1, 0.15) is 5.56 Å². The van der Waals surface area contributed by atoms with Crippen molar-refractivity contribution < 1.29 is 9.18 Å². The molecule has 0 aliphatic heterocycles. The van der Waals surface area contributed by atoms with Crippen LogP contribution in [0.5, 0.6) is 0 Å². The molecule has 0 saturated carbocycles. The van der Waals surface area contributed by atoms with Crippen LogP contribution in [0.3, 0.4) is 0 Å². The monoisotopic (exact) mass is 217 g/mol. The summed E-state index contributed by atoms with van der Waals surface area (Å²) < 4.78 is 12.3. The number of carbonyl (C=O) groups is 1. The van der Waals surface area contributed by atoms with E-state index in [1.54, 1.807) is 12.1 Å². The molecule has 0 heterocycles. The van der Waals surface area contributed by atoms with Crippen LogP contribution in [-0.2, 0) is 11.2 Å². The maximum atomic E-state index is 12.3. The first kappa shape index (κ1) is 8.44. The normalized spacial score (nSPS) is 9.55. The van der Waals surface area contributed by atoms with Gasteiger partial charge < -0.3 is 0 Å². The van der Waals surface area contributed by atoms with Crippen LogP contribution in [0.2, 0.25) is 0 Å². The van der Waals surface area contributed by atoms with Gasteiger partial charge in [0.25, 0.3) is 0 Å². The third-order valence-corrected chi connectivity index (χ3v) is 1.56. The fraction of sp³-hybridized carbons (Fsp3) is 0.125. The van der Waals surface area contributed by atoms with Gasteiger partial charge in [-0.1, -0.05) is 0 Å². The van der Waals surface area contributed by atoms with Crippen molar-refractivity contribution in [2.75, 3.05) is 0 Å². The van der Waals surface area contributed by atoms with Crippen molar-refractivity contribution in [1.29, 1.82) is 0 Å². The Hall–Kier alpha value is -0.661.